The van der Waals surface area contributed by atoms with Crippen LogP contribution in [0.5, 0.6) is 0 Å². The van der Waals surface area contributed by atoms with Crippen molar-refractivity contribution in [3.63, 3.8) is 0 Å². The van der Waals surface area contributed by atoms with Crippen LogP contribution < -0.4 is 5.32 Å². The normalized spacial score (nSPS) is 11.0. The van der Waals surface area contributed by atoms with E-state index >= 15 is 0 Å². The zero-order valence-electron chi connectivity index (χ0n) is 11.9. The highest BCUT2D eigenvalue weighted by molar-refractivity contribution is 7.15. The van der Waals surface area contributed by atoms with Crippen molar-refractivity contribution in [1.29, 1.82) is 0 Å². The van der Waals surface area contributed by atoms with Crippen LogP contribution in [-0.4, -0.2) is 15.5 Å². The molecule has 6 heteroatoms. The van der Waals surface area contributed by atoms with Gasteiger partial charge in [0.25, 0.3) is 5.91 Å². The van der Waals surface area contributed by atoms with Gasteiger partial charge in [0.2, 0.25) is 0 Å². The van der Waals surface area contributed by atoms with Crippen molar-refractivity contribution < 1.29 is 9.18 Å². The molecule has 0 aliphatic rings. The van der Waals surface area contributed by atoms with Gasteiger partial charge < -0.3 is 4.57 Å². The Morgan fingerprint density at radius 2 is 2.14 bits per heavy atom. The maximum atomic E-state index is 13.8. The van der Waals surface area contributed by atoms with Crippen molar-refractivity contribution in [2.75, 3.05) is 5.32 Å². The lowest BCUT2D eigenvalue weighted by Gasteiger charge is -2.03. The van der Waals surface area contributed by atoms with E-state index in [4.69, 9.17) is 0 Å². The Labute approximate surface area is 125 Å². The van der Waals surface area contributed by atoms with E-state index in [-0.39, 0.29) is 11.7 Å². The SMILES string of the molecule is Cc1nc(NC(=O)c2cc3c(F)cccc3n2C)sc1C. The second kappa shape index (κ2) is 4.96. The van der Waals surface area contributed by atoms with Gasteiger partial charge in [-0.05, 0) is 32.0 Å². The molecule has 0 aliphatic heterocycles. The number of carbonyl (C=O) groups excluding carboxylic acids is 1. The number of hydrogen-bond donors (Lipinski definition) is 1. The van der Waals surface area contributed by atoms with Gasteiger partial charge in [0.1, 0.15) is 11.5 Å². The molecule has 21 heavy (non-hydrogen) atoms. The summed E-state index contributed by atoms with van der Waals surface area (Å²) in [5.41, 5.74) is 1.99. The minimum atomic E-state index is -0.330. The molecule has 0 unspecified atom stereocenters. The van der Waals surface area contributed by atoms with E-state index < -0.39 is 0 Å². The Morgan fingerprint density at radius 3 is 2.76 bits per heavy atom. The van der Waals surface area contributed by atoms with Crippen LogP contribution >= 0.6 is 11.3 Å². The number of benzene rings is 1. The van der Waals surface area contributed by atoms with E-state index in [1.54, 1.807) is 29.8 Å². The first-order valence-corrected chi connectivity index (χ1v) is 7.28. The summed E-state index contributed by atoms with van der Waals surface area (Å²) in [4.78, 5) is 17.7. The number of halogens is 1. The van der Waals surface area contributed by atoms with Gasteiger partial charge in [0, 0.05) is 17.3 Å². The van der Waals surface area contributed by atoms with Gasteiger partial charge in [-0.2, -0.15) is 0 Å². The van der Waals surface area contributed by atoms with Crippen molar-refractivity contribution in [2.45, 2.75) is 13.8 Å². The molecule has 2 aromatic heterocycles. The molecule has 2 heterocycles. The Hall–Kier alpha value is -2.21. The van der Waals surface area contributed by atoms with Gasteiger partial charge in [0.15, 0.2) is 5.13 Å². The van der Waals surface area contributed by atoms with Crippen LogP contribution in [0.15, 0.2) is 24.3 Å². The fraction of sp³-hybridized carbons (Fsp3) is 0.200. The van der Waals surface area contributed by atoms with Gasteiger partial charge in [0.05, 0.1) is 11.2 Å². The molecule has 0 saturated heterocycles. The quantitative estimate of drug-likeness (QED) is 0.785. The summed E-state index contributed by atoms with van der Waals surface area (Å²) in [5.74, 6) is -0.620. The maximum Gasteiger partial charge on any atom is 0.274 e. The van der Waals surface area contributed by atoms with Crippen LogP contribution in [0.4, 0.5) is 9.52 Å². The largest absolute Gasteiger partial charge is 0.340 e. The first-order chi connectivity index (χ1) is 9.97. The summed E-state index contributed by atoms with van der Waals surface area (Å²) in [6.45, 7) is 3.85. The fourth-order valence-corrected chi connectivity index (χ4v) is 3.04. The second-order valence-electron chi connectivity index (χ2n) is 4.88. The summed E-state index contributed by atoms with van der Waals surface area (Å²) < 4.78 is 15.5. The third-order valence-electron chi connectivity index (χ3n) is 3.52. The molecule has 0 fully saturated rings. The van der Waals surface area contributed by atoms with Crippen molar-refractivity contribution in [3.05, 3.63) is 46.3 Å². The number of nitrogens with zero attached hydrogens (tertiary/aromatic N) is 2. The van der Waals surface area contributed by atoms with Gasteiger partial charge in [-0.25, -0.2) is 9.37 Å². The van der Waals surface area contributed by atoms with Gasteiger partial charge in [-0.15, -0.1) is 11.3 Å². The highest BCUT2D eigenvalue weighted by Gasteiger charge is 2.16. The number of anilines is 1. The molecule has 0 saturated carbocycles. The molecular formula is C15H14FN3OS. The van der Waals surface area contributed by atoms with Crippen LogP contribution in [0.2, 0.25) is 0 Å². The molecule has 3 aromatic rings. The number of aryl methyl sites for hydroxylation is 3. The number of amides is 1. The fourth-order valence-electron chi connectivity index (χ4n) is 2.23. The zero-order valence-corrected chi connectivity index (χ0v) is 12.7. The standard InChI is InChI=1S/C15H14FN3OS/c1-8-9(2)21-15(17-8)18-14(20)13-7-10-11(16)5-4-6-12(10)19(13)3/h4-7H,1-3H3,(H,17,18,20). The Bertz CT molecular complexity index is 831. The highest BCUT2D eigenvalue weighted by atomic mass is 32.1. The van der Waals surface area contributed by atoms with E-state index in [0.717, 1.165) is 10.6 Å². The van der Waals surface area contributed by atoms with Crippen molar-refractivity contribution in [1.82, 2.24) is 9.55 Å². The lowest BCUT2D eigenvalue weighted by Crippen LogP contribution is -2.15. The van der Waals surface area contributed by atoms with Crippen LogP contribution in [0, 0.1) is 19.7 Å². The topological polar surface area (TPSA) is 46.9 Å². The van der Waals surface area contributed by atoms with Crippen LogP contribution in [0.3, 0.4) is 0 Å². The number of hydrogen-bond acceptors (Lipinski definition) is 3. The Morgan fingerprint density at radius 1 is 1.38 bits per heavy atom. The van der Waals surface area contributed by atoms with Crippen LogP contribution in [0.25, 0.3) is 10.9 Å². The van der Waals surface area contributed by atoms with E-state index in [2.05, 4.69) is 10.3 Å². The number of thiazole rings is 1. The van der Waals surface area contributed by atoms with Crippen LogP contribution in [-0.2, 0) is 7.05 Å². The summed E-state index contributed by atoms with van der Waals surface area (Å²) in [6.07, 6.45) is 0. The summed E-state index contributed by atoms with van der Waals surface area (Å²) in [5, 5.41) is 3.76. The van der Waals surface area contributed by atoms with E-state index in [0.29, 0.717) is 21.7 Å². The Balaban J connectivity index is 1.98. The van der Waals surface area contributed by atoms with Gasteiger partial charge in [-0.1, -0.05) is 6.07 Å². The van der Waals surface area contributed by atoms with Gasteiger partial charge >= 0.3 is 0 Å². The molecule has 0 spiro atoms. The lowest BCUT2D eigenvalue weighted by atomic mass is 10.2. The molecule has 0 bridgehead atoms. The molecule has 0 radical (unpaired) electrons. The summed E-state index contributed by atoms with van der Waals surface area (Å²) in [6, 6.07) is 6.37. The molecule has 0 aliphatic carbocycles. The molecule has 1 amide bonds. The van der Waals surface area contributed by atoms with E-state index in [1.165, 1.54) is 17.4 Å². The molecular weight excluding hydrogens is 289 g/mol. The monoisotopic (exact) mass is 303 g/mol. The molecule has 1 aromatic carbocycles. The second-order valence-corrected chi connectivity index (χ2v) is 6.08. The maximum absolute atomic E-state index is 13.8. The minimum Gasteiger partial charge on any atom is -0.340 e. The predicted octanol–water partition coefficient (Wildman–Crippen LogP) is 3.64. The van der Waals surface area contributed by atoms with Crippen molar-refractivity contribution >= 4 is 33.3 Å². The molecule has 3 rings (SSSR count). The number of carbonyl (C=O) groups is 1. The number of nitrogens with one attached hydrogen (secondary N) is 1. The smallest absolute Gasteiger partial charge is 0.274 e. The van der Waals surface area contributed by atoms with Crippen molar-refractivity contribution in [2.24, 2.45) is 7.05 Å². The highest BCUT2D eigenvalue weighted by Crippen LogP contribution is 2.24. The van der Waals surface area contributed by atoms with E-state index in [1.807, 2.05) is 13.8 Å². The van der Waals surface area contributed by atoms with Crippen LogP contribution in [0.1, 0.15) is 21.1 Å². The van der Waals surface area contributed by atoms with E-state index in [9.17, 15) is 9.18 Å². The zero-order chi connectivity index (χ0) is 15.1. The third-order valence-corrected chi connectivity index (χ3v) is 4.50. The first-order valence-electron chi connectivity index (χ1n) is 6.46. The average molecular weight is 303 g/mol. The predicted molar refractivity (Wildman–Crippen MR) is 82.4 cm³/mol. The van der Waals surface area contributed by atoms with Crippen molar-refractivity contribution in [3.8, 4) is 0 Å². The first kappa shape index (κ1) is 13.8. The Kier molecular flexibility index (Phi) is 3.25. The summed E-state index contributed by atoms with van der Waals surface area (Å²) >= 11 is 1.43. The third kappa shape index (κ3) is 2.31. The molecule has 1 N–H and O–H groups in total. The average Bonchev–Trinajstić information content (AvgIpc) is 2.92. The lowest BCUT2D eigenvalue weighted by molar-refractivity contribution is 0.101. The number of fused-ring (bicyclic) bond motifs is 1. The van der Waals surface area contributed by atoms with Gasteiger partial charge in [-0.3, -0.25) is 10.1 Å². The minimum absolute atomic E-state index is 0.290. The molecule has 4 nitrogen and oxygen atoms in total. The summed E-state index contributed by atoms with van der Waals surface area (Å²) in [7, 11) is 1.75. The molecule has 0 atom stereocenters. The number of rotatable bonds is 2. The number of aromatic nitrogens is 2. The molecule has 108 valence electrons.